The molecule has 7 nitrogen and oxygen atoms in total. The summed E-state index contributed by atoms with van der Waals surface area (Å²) in [6, 6.07) is 6.37. The molecule has 4 rings (SSSR count). The molecule has 2 aliphatic rings. The third kappa shape index (κ3) is 6.90. The predicted octanol–water partition coefficient (Wildman–Crippen LogP) is 7.66. The second-order valence-corrected chi connectivity index (χ2v) is 10.7. The normalized spacial score (nSPS) is 17.3. The molecule has 3 heterocycles. The standard InChI is InChI=1S/C31H36ClFN6O/c1-5-8-24(14-29(35-7-3)39-18-31(19-39)9-10-40-20-31)37-28-15-27(23(17-36-28)11-21(4)6-2)38-30-25(32)12-22(16-34)13-26(30)33/h7-8,11-15,17H,5-6,9-10,18-20H2,1-4H3,(H2,36,37,38)/b21-11?,24-8-,29-14+,35-7-. The van der Waals surface area contributed by atoms with Gasteiger partial charge in [0.05, 0.1) is 34.6 Å². The maximum atomic E-state index is 14.9. The van der Waals surface area contributed by atoms with Gasteiger partial charge >= 0.3 is 0 Å². The van der Waals surface area contributed by atoms with Crippen LogP contribution in [0.4, 0.5) is 21.6 Å². The second kappa shape index (κ2) is 13.1. The number of nitrogens with one attached hydrogen (secondary N) is 2. The van der Waals surface area contributed by atoms with E-state index in [9.17, 15) is 4.39 Å². The number of halogens is 2. The van der Waals surface area contributed by atoms with Crippen LogP contribution in [0.25, 0.3) is 6.08 Å². The first-order valence-electron chi connectivity index (χ1n) is 13.6. The zero-order chi connectivity index (χ0) is 28.7. The van der Waals surface area contributed by atoms with Crippen LogP contribution in [0, 0.1) is 22.6 Å². The zero-order valence-electron chi connectivity index (χ0n) is 23.5. The van der Waals surface area contributed by atoms with Crippen LogP contribution >= 0.6 is 11.6 Å². The molecule has 2 aliphatic heterocycles. The van der Waals surface area contributed by atoms with Crippen molar-refractivity contribution >= 4 is 41.1 Å². The van der Waals surface area contributed by atoms with E-state index in [0.29, 0.717) is 11.5 Å². The fourth-order valence-corrected chi connectivity index (χ4v) is 5.09. The number of hydrogen-bond donors (Lipinski definition) is 2. The van der Waals surface area contributed by atoms with Crippen molar-refractivity contribution in [2.75, 3.05) is 36.9 Å². The number of likely N-dealkylation sites (tertiary alicyclic amines) is 1. The van der Waals surface area contributed by atoms with Gasteiger partial charge in [0.25, 0.3) is 0 Å². The Morgan fingerprint density at radius 3 is 2.75 bits per heavy atom. The number of aromatic nitrogens is 1. The van der Waals surface area contributed by atoms with E-state index in [-0.39, 0.29) is 21.7 Å². The monoisotopic (exact) mass is 562 g/mol. The Morgan fingerprint density at radius 1 is 1.32 bits per heavy atom. The van der Waals surface area contributed by atoms with Gasteiger partial charge in [-0.15, -0.1) is 0 Å². The lowest BCUT2D eigenvalue weighted by atomic mass is 9.79. The van der Waals surface area contributed by atoms with E-state index >= 15 is 0 Å². The number of nitrogens with zero attached hydrogens (tertiary/aromatic N) is 4. The molecule has 1 spiro atoms. The zero-order valence-corrected chi connectivity index (χ0v) is 24.3. The number of rotatable bonds is 10. The lowest BCUT2D eigenvalue weighted by Crippen LogP contribution is -2.55. The van der Waals surface area contributed by atoms with Gasteiger partial charge in [-0.2, -0.15) is 5.26 Å². The fraction of sp³-hybridized carbons (Fsp3) is 0.387. The lowest BCUT2D eigenvalue weighted by molar-refractivity contribution is 0.0173. The van der Waals surface area contributed by atoms with Crippen LogP contribution in [0.1, 0.15) is 58.1 Å². The highest BCUT2D eigenvalue weighted by Gasteiger charge is 2.46. The van der Waals surface area contributed by atoms with E-state index in [1.807, 2.05) is 38.1 Å². The second-order valence-electron chi connectivity index (χ2n) is 10.3. The summed E-state index contributed by atoms with van der Waals surface area (Å²) in [6.07, 6.45) is 12.4. The molecule has 40 heavy (non-hydrogen) atoms. The first-order chi connectivity index (χ1) is 19.3. The summed E-state index contributed by atoms with van der Waals surface area (Å²) in [5, 5.41) is 15.8. The molecule has 2 N–H and O–H groups in total. The summed E-state index contributed by atoms with van der Waals surface area (Å²) in [5.74, 6) is 0.864. The number of pyridine rings is 1. The van der Waals surface area contributed by atoms with E-state index < -0.39 is 5.82 Å². The summed E-state index contributed by atoms with van der Waals surface area (Å²) in [4.78, 5) is 11.6. The van der Waals surface area contributed by atoms with Crippen LogP contribution in [-0.4, -0.2) is 42.4 Å². The van der Waals surface area contributed by atoms with Crippen LogP contribution in [0.2, 0.25) is 5.02 Å². The van der Waals surface area contributed by atoms with Crippen molar-refractivity contribution in [1.29, 1.82) is 5.26 Å². The summed E-state index contributed by atoms with van der Waals surface area (Å²) in [6.45, 7) is 11.6. The molecule has 1 aromatic carbocycles. The minimum absolute atomic E-state index is 0.105. The molecule has 0 saturated carbocycles. The van der Waals surface area contributed by atoms with Crippen molar-refractivity contribution in [2.45, 2.75) is 47.0 Å². The molecule has 0 amide bonds. The topological polar surface area (TPSA) is 85.6 Å². The van der Waals surface area contributed by atoms with Gasteiger partial charge in [-0.05, 0) is 45.2 Å². The molecular formula is C31H36ClFN6O. The molecule has 0 radical (unpaired) electrons. The Morgan fingerprint density at radius 2 is 2.12 bits per heavy atom. The highest BCUT2D eigenvalue weighted by Crippen LogP contribution is 2.40. The number of anilines is 3. The third-order valence-corrected chi connectivity index (χ3v) is 7.43. The first kappa shape index (κ1) is 29.3. The third-order valence-electron chi connectivity index (χ3n) is 7.13. The molecule has 210 valence electrons. The van der Waals surface area contributed by atoms with Crippen molar-refractivity contribution < 1.29 is 9.13 Å². The largest absolute Gasteiger partial charge is 0.381 e. The summed E-state index contributed by atoms with van der Waals surface area (Å²) >= 11 is 6.35. The molecule has 0 unspecified atom stereocenters. The van der Waals surface area contributed by atoms with Gasteiger partial charge in [-0.3, -0.25) is 0 Å². The van der Waals surface area contributed by atoms with E-state index in [1.54, 1.807) is 12.4 Å². The molecule has 2 saturated heterocycles. The van der Waals surface area contributed by atoms with Crippen molar-refractivity contribution in [1.82, 2.24) is 9.88 Å². The van der Waals surface area contributed by atoms with Crippen molar-refractivity contribution in [3.8, 4) is 6.07 Å². The highest BCUT2D eigenvalue weighted by molar-refractivity contribution is 6.33. The fourth-order valence-electron chi connectivity index (χ4n) is 4.84. The summed E-state index contributed by atoms with van der Waals surface area (Å²) < 4.78 is 20.5. The van der Waals surface area contributed by atoms with Crippen molar-refractivity contribution in [3.05, 3.63) is 75.6 Å². The number of ether oxygens (including phenoxy) is 1. The van der Waals surface area contributed by atoms with E-state index in [4.69, 9.17) is 21.6 Å². The van der Waals surface area contributed by atoms with Gasteiger partial charge in [0.1, 0.15) is 17.5 Å². The summed E-state index contributed by atoms with van der Waals surface area (Å²) in [7, 11) is 0. The molecule has 1 aromatic heterocycles. The van der Waals surface area contributed by atoms with Crippen LogP contribution in [0.3, 0.4) is 0 Å². The van der Waals surface area contributed by atoms with Gasteiger partial charge in [-0.25, -0.2) is 14.4 Å². The molecule has 9 heteroatoms. The van der Waals surface area contributed by atoms with Crippen molar-refractivity contribution in [2.24, 2.45) is 10.4 Å². The molecular weight excluding hydrogens is 527 g/mol. The number of nitriles is 1. The van der Waals surface area contributed by atoms with Gasteiger partial charge in [0, 0.05) is 60.9 Å². The Labute approximate surface area is 241 Å². The number of allylic oxidation sites excluding steroid dienone is 3. The Hall–Kier alpha value is -3.67. The summed E-state index contributed by atoms with van der Waals surface area (Å²) in [5.41, 5.74) is 3.94. The van der Waals surface area contributed by atoms with Gasteiger partial charge < -0.3 is 20.3 Å². The van der Waals surface area contributed by atoms with Crippen molar-refractivity contribution in [3.63, 3.8) is 0 Å². The quantitative estimate of drug-likeness (QED) is 0.228. The minimum atomic E-state index is -0.603. The smallest absolute Gasteiger partial charge is 0.149 e. The van der Waals surface area contributed by atoms with Crippen LogP contribution < -0.4 is 10.6 Å². The van der Waals surface area contributed by atoms with E-state index in [1.165, 1.54) is 12.1 Å². The van der Waals surface area contributed by atoms with Gasteiger partial charge in [0.15, 0.2) is 0 Å². The molecule has 0 bridgehead atoms. The molecule has 2 fully saturated rings. The Bertz CT molecular complexity index is 1370. The van der Waals surface area contributed by atoms with Gasteiger partial charge in [0.2, 0.25) is 0 Å². The SMILES string of the molecule is C\C=N/C(=C\C(=C\CC)Nc1cc(Nc2c(F)cc(C#N)cc2Cl)c(C=C(C)CC)cn1)N1CC2(CCOC2)C1. The number of aliphatic imine (C=N–C) groups is 1. The maximum Gasteiger partial charge on any atom is 0.149 e. The lowest BCUT2D eigenvalue weighted by Gasteiger charge is -2.48. The first-order valence-corrected chi connectivity index (χ1v) is 14.0. The minimum Gasteiger partial charge on any atom is -0.381 e. The molecule has 0 aliphatic carbocycles. The Kier molecular flexibility index (Phi) is 9.62. The number of benzene rings is 1. The van der Waals surface area contributed by atoms with Crippen LogP contribution in [0.15, 0.2) is 58.6 Å². The van der Waals surface area contributed by atoms with E-state index in [0.717, 1.165) is 68.2 Å². The van der Waals surface area contributed by atoms with Crippen LogP contribution in [-0.2, 0) is 4.74 Å². The van der Waals surface area contributed by atoms with Crippen LogP contribution in [0.5, 0.6) is 0 Å². The molecule has 2 aromatic rings. The Balaban J connectivity index is 1.64. The number of hydrogen-bond acceptors (Lipinski definition) is 7. The maximum absolute atomic E-state index is 14.9. The predicted molar refractivity (Wildman–Crippen MR) is 161 cm³/mol. The average Bonchev–Trinajstić information content (AvgIpc) is 3.41. The highest BCUT2D eigenvalue weighted by atomic mass is 35.5. The average molecular weight is 563 g/mol. The van der Waals surface area contributed by atoms with Gasteiger partial charge in [-0.1, -0.05) is 43.2 Å². The van der Waals surface area contributed by atoms with E-state index in [2.05, 4.69) is 45.4 Å². The molecule has 0 atom stereocenters.